The first kappa shape index (κ1) is 18.1. The number of H-pyrrole nitrogens is 1. The molecule has 3 rings (SSSR count). The molecule has 2 heterocycles. The van der Waals surface area contributed by atoms with Crippen LogP contribution >= 0.6 is 0 Å². The highest BCUT2D eigenvalue weighted by Gasteiger charge is 2.19. The molecule has 1 amide bonds. The number of carbonyl (C=O) groups is 1. The van der Waals surface area contributed by atoms with Crippen molar-refractivity contribution in [3.8, 4) is 0 Å². The van der Waals surface area contributed by atoms with Crippen molar-refractivity contribution >= 4 is 16.8 Å². The van der Waals surface area contributed by atoms with Crippen LogP contribution in [0.2, 0.25) is 0 Å². The normalized spacial score (nSPS) is 11.3. The van der Waals surface area contributed by atoms with Gasteiger partial charge in [-0.15, -0.1) is 0 Å². The summed E-state index contributed by atoms with van der Waals surface area (Å²) >= 11 is 0. The molecule has 2 aromatic heterocycles. The Morgan fingerprint density at radius 3 is 2.65 bits per heavy atom. The third kappa shape index (κ3) is 4.11. The number of hydrogen-bond acceptors (Lipinski definition) is 3. The minimum atomic E-state index is 0.0176. The van der Waals surface area contributed by atoms with Gasteiger partial charge in [-0.05, 0) is 62.8 Å². The summed E-state index contributed by atoms with van der Waals surface area (Å²) in [7, 11) is 4.03. The summed E-state index contributed by atoms with van der Waals surface area (Å²) in [5.74, 6) is 0.0176. The van der Waals surface area contributed by atoms with Crippen LogP contribution in [0.4, 0.5) is 0 Å². The molecule has 0 bridgehead atoms. The van der Waals surface area contributed by atoms with Gasteiger partial charge in [-0.3, -0.25) is 9.78 Å². The van der Waals surface area contributed by atoms with E-state index in [0.717, 1.165) is 23.0 Å². The van der Waals surface area contributed by atoms with E-state index >= 15 is 0 Å². The van der Waals surface area contributed by atoms with E-state index in [0.29, 0.717) is 18.8 Å². The standard InChI is InChI=1S/C21H26N4O/c1-15-10-16(2)18-12-20(23-19(18)11-15)21(26)25(9-8-24(3)4)14-17-6-5-7-22-13-17/h5-7,10-13,23H,8-9,14H2,1-4H3. The Balaban J connectivity index is 1.89. The summed E-state index contributed by atoms with van der Waals surface area (Å²) < 4.78 is 0. The first-order valence-electron chi connectivity index (χ1n) is 8.87. The molecular formula is C21H26N4O. The minimum absolute atomic E-state index is 0.0176. The minimum Gasteiger partial charge on any atom is -0.351 e. The number of nitrogens with zero attached hydrogens (tertiary/aromatic N) is 3. The largest absolute Gasteiger partial charge is 0.351 e. The molecule has 0 unspecified atom stereocenters. The lowest BCUT2D eigenvalue weighted by molar-refractivity contribution is 0.0727. The summed E-state index contributed by atoms with van der Waals surface area (Å²) in [6.45, 7) is 6.17. The van der Waals surface area contributed by atoms with E-state index in [2.05, 4.69) is 40.8 Å². The summed E-state index contributed by atoms with van der Waals surface area (Å²) in [5.41, 5.74) is 5.05. The number of likely N-dealkylation sites (N-methyl/N-ethyl adjacent to an activating group) is 1. The van der Waals surface area contributed by atoms with Crippen molar-refractivity contribution in [3.05, 3.63) is 65.1 Å². The van der Waals surface area contributed by atoms with Crippen LogP contribution in [-0.4, -0.2) is 52.9 Å². The van der Waals surface area contributed by atoms with Gasteiger partial charge in [0.25, 0.3) is 5.91 Å². The van der Waals surface area contributed by atoms with Crippen LogP contribution < -0.4 is 0 Å². The molecule has 0 aliphatic rings. The second kappa shape index (κ2) is 7.70. The molecule has 0 fully saturated rings. The molecule has 26 heavy (non-hydrogen) atoms. The van der Waals surface area contributed by atoms with E-state index in [-0.39, 0.29) is 5.91 Å². The lowest BCUT2D eigenvalue weighted by Gasteiger charge is -2.24. The molecule has 5 nitrogen and oxygen atoms in total. The monoisotopic (exact) mass is 350 g/mol. The number of nitrogens with one attached hydrogen (secondary N) is 1. The van der Waals surface area contributed by atoms with Crippen LogP contribution in [0.3, 0.4) is 0 Å². The SMILES string of the molecule is Cc1cc(C)c2cc(C(=O)N(CCN(C)C)Cc3cccnc3)[nH]c2c1. The lowest BCUT2D eigenvalue weighted by atomic mass is 10.1. The maximum atomic E-state index is 13.2. The van der Waals surface area contributed by atoms with Gasteiger partial charge in [-0.1, -0.05) is 12.1 Å². The van der Waals surface area contributed by atoms with Crippen molar-refractivity contribution in [1.29, 1.82) is 0 Å². The average Bonchev–Trinajstić information content (AvgIpc) is 3.03. The van der Waals surface area contributed by atoms with Crippen LogP contribution in [0, 0.1) is 13.8 Å². The van der Waals surface area contributed by atoms with E-state index in [4.69, 9.17) is 0 Å². The second-order valence-corrected chi connectivity index (χ2v) is 7.12. The van der Waals surface area contributed by atoms with Crippen molar-refractivity contribution in [2.75, 3.05) is 27.2 Å². The number of aryl methyl sites for hydroxylation is 2. The lowest BCUT2D eigenvalue weighted by Crippen LogP contribution is -2.36. The zero-order valence-corrected chi connectivity index (χ0v) is 15.9. The summed E-state index contributed by atoms with van der Waals surface area (Å²) in [4.78, 5) is 24.6. The fourth-order valence-corrected chi connectivity index (χ4v) is 3.17. The maximum absolute atomic E-state index is 13.2. The first-order valence-corrected chi connectivity index (χ1v) is 8.87. The molecule has 0 radical (unpaired) electrons. The predicted molar refractivity (Wildman–Crippen MR) is 105 cm³/mol. The topological polar surface area (TPSA) is 52.2 Å². The molecule has 3 aromatic rings. The fraction of sp³-hybridized carbons (Fsp3) is 0.333. The zero-order chi connectivity index (χ0) is 18.7. The van der Waals surface area contributed by atoms with Crippen molar-refractivity contribution < 1.29 is 4.79 Å². The van der Waals surface area contributed by atoms with E-state index in [1.807, 2.05) is 43.4 Å². The molecule has 0 aliphatic carbocycles. The van der Waals surface area contributed by atoms with Gasteiger partial charge >= 0.3 is 0 Å². The number of aromatic nitrogens is 2. The van der Waals surface area contributed by atoms with Gasteiger partial charge in [0, 0.05) is 42.9 Å². The van der Waals surface area contributed by atoms with Crippen molar-refractivity contribution in [1.82, 2.24) is 19.8 Å². The molecule has 0 atom stereocenters. The van der Waals surface area contributed by atoms with Gasteiger partial charge in [0.2, 0.25) is 0 Å². The molecular weight excluding hydrogens is 324 g/mol. The van der Waals surface area contributed by atoms with Crippen LogP contribution in [-0.2, 0) is 6.54 Å². The van der Waals surface area contributed by atoms with Crippen molar-refractivity contribution in [2.24, 2.45) is 0 Å². The molecule has 1 aromatic carbocycles. The molecule has 5 heteroatoms. The number of fused-ring (bicyclic) bond motifs is 1. The van der Waals surface area contributed by atoms with E-state index in [1.165, 1.54) is 11.1 Å². The predicted octanol–water partition coefficient (Wildman–Crippen LogP) is 3.38. The van der Waals surface area contributed by atoms with Crippen LogP contribution in [0.5, 0.6) is 0 Å². The molecule has 0 aliphatic heterocycles. The number of carbonyl (C=O) groups excluding carboxylic acids is 1. The number of amides is 1. The van der Waals surface area contributed by atoms with Gasteiger partial charge < -0.3 is 14.8 Å². The summed E-state index contributed by atoms with van der Waals surface area (Å²) in [6, 6.07) is 10.1. The Morgan fingerprint density at radius 1 is 1.15 bits per heavy atom. The van der Waals surface area contributed by atoms with Crippen molar-refractivity contribution in [2.45, 2.75) is 20.4 Å². The highest BCUT2D eigenvalue weighted by atomic mass is 16.2. The van der Waals surface area contributed by atoms with E-state index in [1.54, 1.807) is 6.20 Å². The van der Waals surface area contributed by atoms with E-state index in [9.17, 15) is 4.79 Å². The third-order valence-electron chi connectivity index (χ3n) is 4.52. The quantitative estimate of drug-likeness (QED) is 0.741. The average molecular weight is 350 g/mol. The Kier molecular flexibility index (Phi) is 5.38. The Labute approximate surface area is 154 Å². The van der Waals surface area contributed by atoms with Gasteiger partial charge in [-0.2, -0.15) is 0 Å². The number of aromatic amines is 1. The molecule has 0 saturated carbocycles. The van der Waals surface area contributed by atoms with Gasteiger partial charge in [0.05, 0.1) is 0 Å². The first-order chi connectivity index (χ1) is 12.4. The van der Waals surface area contributed by atoms with Crippen molar-refractivity contribution in [3.63, 3.8) is 0 Å². The van der Waals surface area contributed by atoms with Crippen LogP contribution in [0.15, 0.2) is 42.7 Å². The zero-order valence-electron chi connectivity index (χ0n) is 15.9. The van der Waals surface area contributed by atoms with Gasteiger partial charge in [0.1, 0.15) is 5.69 Å². The number of pyridine rings is 1. The number of rotatable bonds is 6. The third-order valence-corrected chi connectivity index (χ3v) is 4.52. The van der Waals surface area contributed by atoms with E-state index < -0.39 is 0 Å². The molecule has 136 valence electrons. The molecule has 0 spiro atoms. The fourth-order valence-electron chi connectivity index (χ4n) is 3.17. The summed E-state index contributed by atoms with van der Waals surface area (Å²) in [6.07, 6.45) is 3.56. The maximum Gasteiger partial charge on any atom is 0.270 e. The highest BCUT2D eigenvalue weighted by Crippen LogP contribution is 2.22. The smallest absolute Gasteiger partial charge is 0.270 e. The number of hydrogen-bond donors (Lipinski definition) is 1. The van der Waals surface area contributed by atoms with Crippen LogP contribution in [0.25, 0.3) is 10.9 Å². The van der Waals surface area contributed by atoms with Crippen LogP contribution in [0.1, 0.15) is 27.2 Å². The second-order valence-electron chi connectivity index (χ2n) is 7.12. The number of benzene rings is 1. The molecule has 0 saturated heterocycles. The molecule has 1 N–H and O–H groups in total. The Morgan fingerprint density at radius 2 is 1.96 bits per heavy atom. The van der Waals surface area contributed by atoms with Gasteiger partial charge in [-0.25, -0.2) is 0 Å². The van der Waals surface area contributed by atoms with Gasteiger partial charge in [0.15, 0.2) is 0 Å². The highest BCUT2D eigenvalue weighted by molar-refractivity contribution is 5.99. The summed E-state index contributed by atoms with van der Waals surface area (Å²) in [5, 5.41) is 1.10. The Hall–Kier alpha value is -2.66. The Bertz CT molecular complexity index is 899.